The molecule has 17 heavy (non-hydrogen) atoms. The minimum atomic E-state index is 0.0506. The quantitative estimate of drug-likeness (QED) is 0.629. The molecular weight excluding hydrogens is 212 g/mol. The highest BCUT2D eigenvalue weighted by molar-refractivity contribution is 6.00. The number of nitrogens with zero attached hydrogens (tertiary/aromatic N) is 1. The van der Waals surface area contributed by atoms with Crippen molar-refractivity contribution >= 4 is 11.6 Å². The van der Waals surface area contributed by atoms with Gasteiger partial charge >= 0.3 is 0 Å². The van der Waals surface area contributed by atoms with Crippen molar-refractivity contribution in [2.45, 2.75) is 33.6 Å². The first kappa shape index (κ1) is 11.8. The molecule has 0 heterocycles. The first-order chi connectivity index (χ1) is 8.08. The van der Waals surface area contributed by atoms with Gasteiger partial charge in [0.25, 0.3) is 0 Å². The lowest BCUT2D eigenvalue weighted by Crippen LogP contribution is -2.20. The Morgan fingerprint density at radius 2 is 2.06 bits per heavy atom. The van der Waals surface area contributed by atoms with Gasteiger partial charge in [-0.3, -0.25) is 4.79 Å². The Labute approximate surface area is 102 Å². The molecule has 0 spiro atoms. The lowest BCUT2D eigenvalue weighted by Gasteiger charge is -2.07. The minimum absolute atomic E-state index is 0.0506. The third-order valence-electron chi connectivity index (χ3n) is 3.06. The molecule has 3 nitrogen and oxygen atoms in total. The third-order valence-corrected chi connectivity index (χ3v) is 3.06. The maximum absolute atomic E-state index is 11.5. The molecule has 3 heteroatoms. The summed E-state index contributed by atoms with van der Waals surface area (Å²) in [4.78, 5) is 11.5. The summed E-state index contributed by atoms with van der Waals surface area (Å²) in [5.41, 5.74) is 6.98. The highest BCUT2D eigenvalue weighted by Gasteiger charge is 2.29. The number of nitrogens with one attached hydrogen (secondary N) is 1. The largest absolute Gasteiger partial charge is 0.273 e. The molecule has 1 saturated carbocycles. The van der Waals surface area contributed by atoms with E-state index in [2.05, 4.69) is 42.6 Å². The van der Waals surface area contributed by atoms with Gasteiger partial charge in [-0.15, -0.1) is 0 Å². The molecule has 0 bridgehead atoms. The lowest BCUT2D eigenvalue weighted by atomic mass is 10.0. The van der Waals surface area contributed by atoms with Crippen molar-refractivity contribution in [3.05, 3.63) is 34.9 Å². The smallest absolute Gasteiger partial charge is 0.243 e. The van der Waals surface area contributed by atoms with Crippen molar-refractivity contribution < 1.29 is 4.79 Å². The van der Waals surface area contributed by atoms with Gasteiger partial charge in [0.15, 0.2) is 0 Å². The van der Waals surface area contributed by atoms with E-state index >= 15 is 0 Å². The standard InChI is InChI=1S/C14H18N2O/c1-9-4-5-10(2)13(8-9)11(3)15-16-14(17)12-6-7-12/h4-5,8,12H,6-7H2,1-3H3,(H,16,17)/b15-11+. The van der Waals surface area contributed by atoms with Crippen LogP contribution >= 0.6 is 0 Å². The molecule has 1 N–H and O–H groups in total. The Kier molecular flexibility index (Phi) is 3.27. The highest BCUT2D eigenvalue weighted by atomic mass is 16.2. The second-order valence-electron chi connectivity index (χ2n) is 4.77. The van der Waals surface area contributed by atoms with Crippen molar-refractivity contribution in [1.29, 1.82) is 0 Å². The van der Waals surface area contributed by atoms with E-state index < -0.39 is 0 Å². The van der Waals surface area contributed by atoms with Gasteiger partial charge in [0.2, 0.25) is 5.91 Å². The zero-order valence-electron chi connectivity index (χ0n) is 10.6. The van der Waals surface area contributed by atoms with Crippen LogP contribution in [-0.4, -0.2) is 11.6 Å². The Morgan fingerprint density at radius 3 is 2.71 bits per heavy atom. The highest BCUT2D eigenvalue weighted by Crippen LogP contribution is 2.28. The monoisotopic (exact) mass is 230 g/mol. The van der Waals surface area contributed by atoms with Crippen LogP contribution in [0.4, 0.5) is 0 Å². The first-order valence-electron chi connectivity index (χ1n) is 5.99. The zero-order chi connectivity index (χ0) is 12.4. The van der Waals surface area contributed by atoms with Crippen molar-refractivity contribution in [3.8, 4) is 0 Å². The SMILES string of the molecule is C/C(=N\NC(=O)C1CC1)c1cc(C)ccc1C. The van der Waals surface area contributed by atoms with Crippen LogP contribution < -0.4 is 5.43 Å². The Hall–Kier alpha value is -1.64. The van der Waals surface area contributed by atoms with Crippen molar-refractivity contribution in [3.63, 3.8) is 0 Å². The van der Waals surface area contributed by atoms with E-state index in [1.165, 1.54) is 11.1 Å². The molecule has 0 atom stereocenters. The number of hydrogen-bond donors (Lipinski definition) is 1. The Balaban J connectivity index is 2.11. The van der Waals surface area contributed by atoms with Gasteiger partial charge in [-0.25, -0.2) is 5.43 Å². The first-order valence-corrected chi connectivity index (χ1v) is 5.99. The number of hydrogen-bond acceptors (Lipinski definition) is 2. The molecule has 0 saturated heterocycles. The van der Waals surface area contributed by atoms with E-state index in [1.807, 2.05) is 6.92 Å². The van der Waals surface area contributed by atoms with E-state index in [0.29, 0.717) is 0 Å². The molecule has 0 radical (unpaired) electrons. The number of hydrazone groups is 1. The third kappa shape index (κ3) is 2.93. The molecule has 2 rings (SSSR count). The fraction of sp³-hybridized carbons (Fsp3) is 0.429. The number of rotatable bonds is 3. The Bertz CT molecular complexity index is 473. The van der Waals surface area contributed by atoms with E-state index in [-0.39, 0.29) is 11.8 Å². The molecule has 1 aromatic carbocycles. The second kappa shape index (κ2) is 4.70. The second-order valence-corrected chi connectivity index (χ2v) is 4.77. The van der Waals surface area contributed by atoms with Crippen molar-refractivity contribution in [2.75, 3.05) is 0 Å². The fourth-order valence-electron chi connectivity index (χ4n) is 1.76. The van der Waals surface area contributed by atoms with Gasteiger partial charge in [-0.05, 0) is 45.2 Å². The van der Waals surface area contributed by atoms with Crippen LogP contribution in [0.1, 0.15) is 36.5 Å². The van der Waals surface area contributed by atoms with Crippen molar-refractivity contribution in [2.24, 2.45) is 11.0 Å². The van der Waals surface area contributed by atoms with E-state index in [1.54, 1.807) is 0 Å². The number of benzene rings is 1. The van der Waals surface area contributed by atoms with Gasteiger partial charge in [0.1, 0.15) is 0 Å². The van der Waals surface area contributed by atoms with Gasteiger partial charge in [-0.2, -0.15) is 5.10 Å². The lowest BCUT2D eigenvalue weighted by molar-refractivity contribution is -0.122. The maximum atomic E-state index is 11.5. The molecule has 1 aromatic rings. The summed E-state index contributed by atoms with van der Waals surface area (Å²) in [6.45, 7) is 6.03. The summed E-state index contributed by atoms with van der Waals surface area (Å²) in [6, 6.07) is 6.25. The summed E-state index contributed by atoms with van der Waals surface area (Å²) >= 11 is 0. The van der Waals surface area contributed by atoms with E-state index in [4.69, 9.17) is 0 Å². The summed E-state index contributed by atoms with van der Waals surface area (Å²) < 4.78 is 0. The molecule has 90 valence electrons. The molecule has 1 amide bonds. The molecule has 1 fully saturated rings. The zero-order valence-corrected chi connectivity index (χ0v) is 10.6. The van der Waals surface area contributed by atoms with Crippen LogP contribution in [0.3, 0.4) is 0 Å². The minimum Gasteiger partial charge on any atom is -0.273 e. The molecule has 1 aliphatic carbocycles. The van der Waals surface area contributed by atoms with E-state index in [9.17, 15) is 4.79 Å². The van der Waals surface area contributed by atoms with Gasteiger partial charge in [0.05, 0.1) is 5.71 Å². The van der Waals surface area contributed by atoms with Crippen molar-refractivity contribution in [1.82, 2.24) is 5.43 Å². The van der Waals surface area contributed by atoms with Gasteiger partial charge in [0, 0.05) is 11.5 Å². The number of carbonyl (C=O) groups is 1. The van der Waals surface area contributed by atoms with Gasteiger partial charge < -0.3 is 0 Å². The summed E-state index contributed by atoms with van der Waals surface area (Å²) in [6.07, 6.45) is 2.01. The predicted octanol–water partition coefficient (Wildman–Crippen LogP) is 2.55. The topological polar surface area (TPSA) is 41.5 Å². The average molecular weight is 230 g/mol. The van der Waals surface area contributed by atoms with E-state index in [0.717, 1.165) is 24.1 Å². The summed E-state index contributed by atoms with van der Waals surface area (Å²) in [5.74, 6) is 0.250. The fourth-order valence-corrected chi connectivity index (χ4v) is 1.76. The molecular formula is C14H18N2O. The number of carbonyl (C=O) groups excluding carboxylic acids is 1. The summed E-state index contributed by atoms with van der Waals surface area (Å²) in [5, 5.41) is 4.17. The molecule has 1 aliphatic rings. The molecule has 0 aromatic heterocycles. The van der Waals surface area contributed by atoms with Crippen LogP contribution in [0.2, 0.25) is 0 Å². The normalized spacial score (nSPS) is 15.8. The van der Waals surface area contributed by atoms with Crippen LogP contribution in [-0.2, 0) is 4.79 Å². The molecule has 0 unspecified atom stereocenters. The average Bonchev–Trinajstić information content (AvgIpc) is 3.12. The number of amides is 1. The maximum Gasteiger partial charge on any atom is 0.243 e. The molecule has 0 aliphatic heterocycles. The van der Waals surface area contributed by atoms with Gasteiger partial charge in [-0.1, -0.05) is 17.7 Å². The summed E-state index contributed by atoms with van der Waals surface area (Å²) in [7, 11) is 0. The van der Waals surface area contributed by atoms with Crippen LogP contribution in [0.15, 0.2) is 23.3 Å². The van der Waals surface area contributed by atoms with Crippen LogP contribution in [0, 0.1) is 19.8 Å². The van der Waals surface area contributed by atoms with Crippen LogP contribution in [0.25, 0.3) is 0 Å². The number of aryl methyl sites for hydroxylation is 2. The Morgan fingerprint density at radius 1 is 1.35 bits per heavy atom. The van der Waals surface area contributed by atoms with Crippen LogP contribution in [0.5, 0.6) is 0 Å². The predicted molar refractivity (Wildman–Crippen MR) is 69.0 cm³/mol.